The molecule has 5 amide bonds. The Bertz CT molecular complexity index is 1370. The maximum atomic E-state index is 13.3. The molecule has 0 spiro atoms. The topological polar surface area (TPSA) is 134 Å². The van der Waals surface area contributed by atoms with E-state index in [0.29, 0.717) is 30.5 Å². The molecule has 41 heavy (non-hydrogen) atoms. The summed E-state index contributed by atoms with van der Waals surface area (Å²) in [6.07, 6.45) is 12.5. The fourth-order valence-electron chi connectivity index (χ4n) is 6.68. The van der Waals surface area contributed by atoms with E-state index in [9.17, 15) is 24.0 Å². The summed E-state index contributed by atoms with van der Waals surface area (Å²) < 4.78 is 1.97. The number of nitrogens with one attached hydrogen (secondary N) is 2. The summed E-state index contributed by atoms with van der Waals surface area (Å²) >= 11 is 0. The molecule has 1 atom stereocenters. The van der Waals surface area contributed by atoms with E-state index in [0.717, 1.165) is 36.4 Å². The van der Waals surface area contributed by atoms with Crippen LogP contribution in [0.2, 0.25) is 0 Å². The minimum atomic E-state index is -1.000. The van der Waals surface area contributed by atoms with Crippen molar-refractivity contribution in [1.82, 2.24) is 24.9 Å². The number of benzene rings is 1. The van der Waals surface area contributed by atoms with E-state index in [-0.39, 0.29) is 30.0 Å². The molecule has 3 fully saturated rings. The van der Waals surface area contributed by atoms with Crippen LogP contribution in [0, 0.1) is 5.92 Å². The van der Waals surface area contributed by atoms with Crippen LogP contribution in [0.15, 0.2) is 30.6 Å². The van der Waals surface area contributed by atoms with Crippen LogP contribution in [-0.4, -0.2) is 68.2 Å². The number of rotatable bonds is 7. The van der Waals surface area contributed by atoms with E-state index in [2.05, 4.69) is 15.7 Å². The summed E-state index contributed by atoms with van der Waals surface area (Å²) in [7, 11) is 0. The van der Waals surface area contributed by atoms with Crippen LogP contribution in [0.5, 0.6) is 0 Å². The Balaban J connectivity index is 1.05. The minimum Gasteiger partial charge on any atom is -0.380 e. The summed E-state index contributed by atoms with van der Waals surface area (Å²) in [6.45, 7) is 1.90. The van der Waals surface area contributed by atoms with Gasteiger partial charge in [0.2, 0.25) is 17.7 Å². The third-order valence-corrected chi connectivity index (χ3v) is 8.99. The van der Waals surface area contributed by atoms with Crippen LogP contribution >= 0.6 is 0 Å². The third-order valence-electron chi connectivity index (χ3n) is 8.99. The van der Waals surface area contributed by atoms with Gasteiger partial charge in [-0.3, -0.25) is 38.9 Å². The fourth-order valence-corrected chi connectivity index (χ4v) is 6.68. The first kappa shape index (κ1) is 27.2. The maximum Gasteiger partial charge on any atom is 0.264 e. The maximum absolute atomic E-state index is 13.3. The molecule has 1 aromatic carbocycles. The molecule has 11 heteroatoms. The zero-order valence-corrected chi connectivity index (χ0v) is 23.1. The molecule has 1 unspecified atom stereocenters. The van der Waals surface area contributed by atoms with Crippen LogP contribution in [0.4, 0.5) is 5.69 Å². The van der Waals surface area contributed by atoms with Crippen LogP contribution in [-0.2, 0) is 20.9 Å². The van der Waals surface area contributed by atoms with Gasteiger partial charge in [0, 0.05) is 49.9 Å². The molecule has 2 aromatic rings. The van der Waals surface area contributed by atoms with Gasteiger partial charge in [-0.2, -0.15) is 5.10 Å². The van der Waals surface area contributed by atoms with Crippen molar-refractivity contribution in [1.29, 1.82) is 0 Å². The average Bonchev–Trinajstić information content (AvgIpc) is 3.56. The van der Waals surface area contributed by atoms with Gasteiger partial charge >= 0.3 is 0 Å². The van der Waals surface area contributed by atoms with Gasteiger partial charge in [0.25, 0.3) is 11.8 Å². The number of imide groups is 2. The summed E-state index contributed by atoms with van der Waals surface area (Å²) in [5.74, 6) is -1.26. The van der Waals surface area contributed by atoms with Gasteiger partial charge in [-0.1, -0.05) is 25.3 Å². The van der Waals surface area contributed by atoms with Gasteiger partial charge in [0.05, 0.1) is 23.4 Å². The van der Waals surface area contributed by atoms with E-state index in [1.165, 1.54) is 32.1 Å². The number of carbonyl (C=O) groups is 5. The van der Waals surface area contributed by atoms with Crippen LogP contribution in [0.3, 0.4) is 0 Å². The van der Waals surface area contributed by atoms with Crippen molar-refractivity contribution in [2.45, 2.75) is 82.8 Å². The standard InChI is InChI=1S/C30H36N6O5/c37-25-10-9-24(28(39)33-25)36-29(40)22-7-4-8-23(27(22)30(36)41)31-16-20-17-32-35(18-20)21-11-13-34(14-12-21)26(38)15-19-5-2-1-3-6-19/h4,7-8,17-19,21,24,31H,1-3,5-6,9-16H2,(H,33,37,39). The van der Waals surface area contributed by atoms with Crippen molar-refractivity contribution in [3.8, 4) is 0 Å². The molecule has 6 rings (SSSR count). The Labute approximate surface area is 238 Å². The molecule has 2 saturated heterocycles. The molecule has 4 heterocycles. The van der Waals surface area contributed by atoms with Gasteiger partial charge in [-0.15, -0.1) is 0 Å². The number of nitrogens with zero attached hydrogens (tertiary/aromatic N) is 4. The van der Waals surface area contributed by atoms with E-state index < -0.39 is 29.7 Å². The van der Waals surface area contributed by atoms with E-state index in [1.54, 1.807) is 24.4 Å². The lowest BCUT2D eigenvalue weighted by atomic mass is 9.86. The van der Waals surface area contributed by atoms with E-state index >= 15 is 0 Å². The molecule has 216 valence electrons. The van der Waals surface area contributed by atoms with Crippen LogP contribution in [0.25, 0.3) is 0 Å². The van der Waals surface area contributed by atoms with Crippen molar-refractivity contribution in [3.63, 3.8) is 0 Å². The van der Waals surface area contributed by atoms with Gasteiger partial charge in [-0.05, 0) is 50.2 Å². The molecule has 4 aliphatic rings. The molecule has 11 nitrogen and oxygen atoms in total. The third kappa shape index (κ3) is 5.49. The van der Waals surface area contributed by atoms with Gasteiger partial charge < -0.3 is 10.2 Å². The molecule has 2 N–H and O–H groups in total. The number of fused-ring (bicyclic) bond motifs is 1. The van der Waals surface area contributed by atoms with Crippen molar-refractivity contribution >= 4 is 35.2 Å². The minimum absolute atomic E-state index is 0.0781. The lowest BCUT2D eigenvalue weighted by molar-refractivity contribution is -0.136. The summed E-state index contributed by atoms with van der Waals surface area (Å²) in [6, 6.07) is 4.25. The molecule has 1 aromatic heterocycles. The van der Waals surface area contributed by atoms with E-state index in [1.807, 2.05) is 15.8 Å². The Kier molecular flexibility index (Phi) is 7.59. The van der Waals surface area contributed by atoms with Crippen molar-refractivity contribution in [3.05, 3.63) is 47.3 Å². The lowest BCUT2D eigenvalue weighted by Crippen LogP contribution is -2.54. The number of aromatic nitrogens is 2. The SMILES string of the molecule is O=C1CCC(N2C(=O)c3cccc(NCc4cnn(C5CCN(C(=O)CC6CCCCC6)CC5)c4)c3C2=O)C(=O)N1. The van der Waals surface area contributed by atoms with Crippen molar-refractivity contribution in [2.75, 3.05) is 18.4 Å². The quantitative estimate of drug-likeness (QED) is 0.497. The highest BCUT2D eigenvalue weighted by molar-refractivity contribution is 6.25. The van der Waals surface area contributed by atoms with Gasteiger partial charge in [0.15, 0.2) is 0 Å². The number of hydrogen-bond acceptors (Lipinski definition) is 7. The van der Waals surface area contributed by atoms with Gasteiger partial charge in [-0.25, -0.2) is 0 Å². The molecular formula is C30H36N6O5. The first-order valence-corrected chi connectivity index (χ1v) is 14.8. The summed E-state index contributed by atoms with van der Waals surface area (Å²) in [4.78, 5) is 66.1. The number of hydrogen-bond donors (Lipinski definition) is 2. The lowest BCUT2D eigenvalue weighted by Gasteiger charge is -2.33. The number of amides is 5. The predicted molar refractivity (Wildman–Crippen MR) is 149 cm³/mol. The van der Waals surface area contributed by atoms with Crippen molar-refractivity contribution < 1.29 is 24.0 Å². The van der Waals surface area contributed by atoms with Crippen molar-refractivity contribution in [2.24, 2.45) is 5.92 Å². The second kappa shape index (κ2) is 11.5. The Morgan fingerprint density at radius 3 is 2.51 bits per heavy atom. The summed E-state index contributed by atoms with van der Waals surface area (Å²) in [5.41, 5.74) is 1.91. The number of piperidine rings is 2. The smallest absolute Gasteiger partial charge is 0.264 e. The second-order valence-corrected chi connectivity index (χ2v) is 11.7. The highest BCUT2D eigenvalue weighted by Crippen LogP contribution is 2.33. The monoisotopic (exact) mass is 560 g/mol. The zero-order chi connectivity index (χ0) is 28.5. The molecule has 3 aliphatic heterocycles. The number of anilines is 1. The normalized spacial score (nSPS) is 22.2. The number of likely N-dealkylation sites (tertiary alicyclic amines) is 1. The molecule has 1 saturated carbocycles. The first-order valence-electron chi connectivity index (χ1n) is 14.8. The Hall–Kier alpha value is -4.02. The number of carbonyl (C=O) groups excluding carboxylic acids is 5. The zero-order valence-electron chi connectivity index (χ0n) is 23.1. The Morgan fingerprint density at radius 1 is 0.976 bits per heavy atom. The van der Waals surface area contributed by atoms with E-state index in [4.69, 9.17) is 0 Å². The molecular weight excluding hydrogens is 524 g/mol. The van der Waals surface area contributed by atoms with Crippen LogP contribution < -0.4 is 10.6 Å². The highest BCUT2D eigenvalue weighted by atomic mass is 16.2. The summed E-state index contributed by atoms with van der Waals surface area (Å²) in [5, 5.41) is 10.1. The molecule has 0 radical (unpaired) electrons. The second-order valence-electron chi connectivity index (χ2n) is 11.7. The predicted octanol–water partition coefficient (Wildman–Crippen LogP) is 3.03. The Morgan fingerprint density at radius 2 is 1.76 bits per heavy atom. The highest BCUT2D eigenvalue weighted by Gasteiger charge is 2.45. The largest absolute Gasteiger partial charge is 0.380 e. The van der Waals surface area contributed by atoms with Crippen LogP contribution in [0.1, 0.15) is 96.5 Å². The first-order chi connectivity index (χ1) is 19.9. The van der Waals surface area contributed by atoms with Gasteiger partial charge in [0.1, 0.15) is 6.04 Å². The average molecular weight is 561 g/mol. The molecule has 1 aliphatic carbocycles. The molecule has 0 bridgehead atoms. The fraction of sp³-hybridized carbons (Fsp3) is 0.533.